The second-order valence-corrected chi connectivity index (χ2v) is 7.28. The van der Waals surface area contributed by atoms with Crippen molar-refractivity contribution >= 4 is 52.6 Å². The molecule has 2 amide bonds. The van der Waals surface area contributed by atoms with Gasteiger partial charge in [-0.25, -0.2) is 5.43 Å². The number of hydrogen-bond acceptors (Lipinski definition) is 5. The van der Waals surface area contributed by atoms with Crippen LogP contribution in [-0.2, 0) is 14.3 Å². The van der Waals surface area contributed by atoms with Gasteiger partial charge >= 0.3 is 11.8 Å². The lowest BCUT2D eigenvalue weighted by atomic mass is 10.2. The summed E-state index contributed by atoms with van der Waals surface area (Å²) >= 11 is 12.1. The monoisotopic (exact) mass is 434 g/mol. The molecule has 1 heterocycles. The lowest BCUT2D eigenvalue weighted by molar-refractivity contribution is -0.139. The Balaban J connectivity index is 1.59. The summed E-state index contributed by atoms with van der Waals surface area (Å²) in [4.78, 5) is 23.7. The van der Waals surface area contributed by atoms with Gasteiger partial charge in [0.1, 0.15) is 0 Å². The zero-order valence-electron chi connectivity index (χ0n) is 15.5. The SMILES string of the molecule is O=C(NC[C@H]1CCCO1)C(=O)N/N=C\c1cc(Cl)ccc1Nc1cccc(Cl)c1. The van der Waals surface area contributed by atoms with E-state index in [2.05, 4.69) is 21.2 Å². The van der Waals surface area contributed by atoms with Gasteiger partial charge in [-0.2, -0.15) is 5.10 Å². The van der Waals surface area contributed by atoms with E-state index >= 15 is 0 Å². The highest BCUT2D eigenvalue weighted by Gasteiger charge is 2.19. The highest BCUT2D eigenvalue weighted by molar-refractivity contribution is 6.35. The first-order valence-electron chi connectivity index (χ1n) is 9.06. The van der Waals surface area contributed by atoms with E-state index in [-0.39, 0.29) is 6.10 Å². The second-order valence-electron chi connectivity index (χ2n) is 6.41. The van der Waals surface area contributed by atoms with E-state index in [9.17, 15) is 9.59 Å². The predicted molar refractivity (Wildman–Crippen MR) is 114 cm³/mol. The molecule has 3 rings (SSSR count). The van der Waals surface area contributed by atoms with Gasteiger partial charge in [0.05, 0.1) is 12.3 Å². The van der Waals surface area contributed by atoms with Gasteiger partial charge in [-0.05, 0) is 49.2 Å². The third-order valence-electron chi connectivity index (χ3n) is 4.21. The molecule has 1 aliphatic rings. The minimum Gasteiger partial charge on any atom is -0.376 e. The van der Waals surface area contributed by atoms with Crippen molar-refractivity contribution in [3.63, 3.8) is 0 Å². The fourth-order valence-electron chi connectivity index (χ4n) is 2.78. The molecule has 1 atom stereocenters. The number of carbonyl (C=O) groups excluding carboxylic acids is 2. The van der Waals surface area contributed by atoms with E-state index in [4.69, 9.17) is 27.9 Å². The fourth-order valence-corrected chi connectivity index (χ4v) is 3.15. The number of anilines is 2. The zero-order valence-corrected chi connectivity index (χ0v) is 17.0. The number of nitrogens with zero attached hydrogens (tertiary/aromatic N) is 1. The van der Waals surface area contributed by atoms with Crippen molar-refractivity contribution in [1.82, 2.24) is 10.7 Å². The summed E-state index contributed by atoms with van der Waals surface area (Å²) in [6, 6.07) is 12.4. The minimum atomic E-state index is -0.856. The van der Waals surface area contributed by atoms with Crippen molar-refractivity contribution in [3.8, 4) is 0 Å². The summed E-state index contributed by atoms with van der Waals surface area (Å²) in [5.41, 5.74) is 4.32. The molecule has 1 aliphatic heterocycles. The Morgan fingerprint density at radius 3 is 2.72 bits per heavy atom. The van der Waals surface area contributed by atoms with Crippen LogP contribution in [-0.4, -0.2) is 37.3 Å². The van der Waals surface area contributed by atoms with E-state index in [0.29, 0.717) is 34.4 Å². The molecule has 152 valence electrons. The van der Waals surface area contributed by atoms with Crippen molar-refractivity contribution in [3.05, 3.63) is 58.1 Å². The van der Waals surface area contributed by atoms with Crippen molar-refractivity contribution < 1.29 is 14.3 Å². The first kappa shape index (κ1) is 21.1. The van der Waals surface area contributed by atoms with Gasteiger partial charge in [-0.1, -0.05) is 29.3 Å². The molecule has 1 saturated heterocycles. The lowest BCUT2D eigenvalue weighted by Crippen LogP contribution is -2.41. The van der Waals surface area contributed by atoms with Crippen LogP contribution in [0.5, 0.6) is 0 Å². The molecule has 29 heavy (non-hydrogen) atoms. The third-order valence-corrected chi connectivity index (χ3v) is 4.68. The zero-order chi connectivity index (χ0) is 20.6. The van der Waals surface area contributed by atoms with E-state index in [0.717, 1.165) is 18.5 Å². The Hall–Kier alpha value is -2.61. The number of halogens is 2. The third kappa shape index (κ3) is 6.45. The maximum absolute atomic E-state index is 11.9. The Morgan fingerprint density at radius 1 is 1.14 bits per heavy atom. The average molecular weight is 435 g/mol. The van der Waals surface area contributed by atoms with Crippen LogP contribution in [0.25, 0.3) is 0 Å². The van der Waals surface area contributed by atoms with Gasteiger partial charge in [0.2, 0.25) is 0 Å². The standard InChI is InChI=1S/C20H20Cl2N4O3/c21-14-3-1-4-16(10-14)25-18-7-6-15(22)9-13(18)11-24-26-20(28)19(27)23-12-17-5-2-8-29-17/h1,3-4,6-7,9-11,17,25H,2,5,8,12H2,(H,23,27)(H,26,28)/b24-11-/t17-/m1/s1. The lowest BCUT2D eigenvalue weighted by Gasteiger charge is -2.11. The molecule has 1 fully saturated rings. The average Bonchev–Trinajstić information content (AvgIpc) is 3.21. The number of benzene rings is 2. The molecule has 0 bridgehead atoms. The molecule has 0 radical (unpaired) electrons. The van der Waals surface area contributed by atoms with Crippen molar-refractivity contribution in [2.75, 3.05) is 18.5 Å². The van der Waals surface area contributed by atoms with Crippen LogP contribution < -0.4 is 16.1 Å². The van der Waals surface area contributed by atoms with Crippen LogP contribution >= 0.6 is 23.2 Å². The maximum Gasteiger partial charge on any atom is 0.329 e. The highest BCUT2D eigenvalue weighted by Crippen LogP contribution is 2.24. The molecule has 9 heteroatoms. The topological polar surface area (TPSA) is 91.8 Å². The number of hydrazone groups is 1. The number of rotatable bonds is 6. The fraction of sp³-hybridized carbons (Fsp3) is 0.250. The summed E-state index contributed by atoms with van der Waals surface area (Å²) in [6.07, 6.45) is 3.20. The van der Waals surface area contributed by atoms with Gasteiger partial charge in [-0.3, -0.25) is 9.59 Å². The van der Waals surface area contributed by atoms with E-state index in [1.807, 2.05) is 12.1 Å². The summed E-state index contributed by atoms with van der Waals surface area (Å²) in [7, 11) is 0. The molecule has 0 aliphatic carbocycles. The van der Waals surface area contributed by atoms with Crippen LogP contribution in [0.1, 0.15) is 18.4 Å². The largest absolute Gasteiger partial charge is 0.376 e. The first-order chi connectivity index (χ1) is 14.0. The van der Waals surface area contributed by atoms with E-state index in [1.54, 1.807) is 30.3 Å². The molecule has 3 N–H and O–H groups in total. The number of nitrogens with one attached hydrogen (secondary N) is 3. The molecular formula is C20H20Cl2N4O3. The van der Waals surface area contributed by atoms with Crippen LogP contribution in [0.3, 0.4) is 0 Å². The number of ether oxygens (including phenoxy) is 1. The molecule has 0 aromatic heterocycles. The van der Waals surface area contributed by atoms with Gasteiger partial charge in [0, 0.05) is 40.1 Å². The Bertz CT molecular complexity index is 914. The summed E-state index contributed by atoms with van der Waals surface area (Å²) in [5.74, 6) is -1.62. The summed E-state index contributed by atoms with van der Waals surface area (Å²) in [5, 5.41) is 10.7. The molecule has 2 aromatic carbocycles. The van der Waals surface area contributed by atoms with Gasteiger partial charge in [0.25, 0.3) is 0 Å². The summed E-state index contributed by atoms with van der Waals surface area (Å²) in [6.45, 7) is 0.986. The molecule has 0 saturated carbocycles. The van der Waals surface area contributed by atoms with Crippen molar-refractivity contribution in [2.45, 2.75) is 18.9 Å². The first-order valence-corrected chi connectivity index (χ1v) is 9.82. The smallest absolute Gasteiger partial charge is 0.329 e. The molecular weight excluding hydrogens is 415 g/mol. The number of hydrogen-bond donors (Lipinski definition) is 3. The van der Waals surface area contributed by atoms with Gasteiger partial charge < -0.3 is 15.4 Å². The maximum atomic E-state index is 11.9. The normalized spacial score (nSPS) is 16.0. The van der Waals surface area contributed by atoms with Crippen LogP contribution in [0, 0.1) is 0 Å². The number of carbonyl (C=O) groups is 2. The second kappa shape index (κ2) is 10.2. The van der Waals surface area contributed by atoms with Gasteiger partial charge in [0.15, 0.2) is 0 Å². The summed E-state index contributed by atoms with van der Waals surface area (Å²) < 4.78 is 5.40. The predicted octanol–water partition coefficient (Wildman–Crippen LogP) is 3.48. The van der Waals surface area contributed by atoms with Crippen LogP contribution in [0.15, 0.2) is 47.6 Å². The van der Waals surface area contributed by atoms with E-state index < -0.39 is 11.8 Å². The molecule has 0 spiro atoms. The number of amides is 2. The minimum absolute atomic E-state index is 0.0400. The van der Waals surface area contributed by atoms with E-state index in [1.165, 1.54) is 6.21 Å². The van der Waals surface area contributed by atoms with Crippen molar-refractivity contribution in [2.24, 2.45) is 5.10 Å². The Kier molecular flexibility index (Phi) is 7.46. The Labute approximate surface area is 178 Å². The quantitative estimate of drug-likeness (QED) is 0.368. The highest BCUT2D eigenvalue weighted by atomic mass is 35.5. The molecule has 7 nitrogen and oxygen atoms in total. The van der Waals surface area contributed by atoms with Crippen molar-refractivity contribution in [1.29, 1.82) is 0 Å². The van der Waals surface area contributed by atoms with Crippen LogP contribution in [0.2, 0.25) is 10.0 Å². The Morgan fingerprint density at radius 2 is 1.97 bits per heavy atom. The van der Waals surface area contributed by atoms with Gasteiger partial charge in [-0.15, -0.1) is 0 Å². The van der Waals surface area contributed by atoms with Crippen LogP contribution in [0.4, 0.5) is 11.4 Å². The molecule has 0 unspecified atom stereocenters. The molecule has 2 aromatic rings.